The quantitative estimate of drug-likeness (QED) is 0.280. The van der Waals surface area contributed by atoms with Crippen LogP contribution in [0.3, 0.4) is 0 Å². The number of hydrogen-bond donors (Lipinski definition) is 2. The summed E-state index contributed by atoms with van der Waals surface area (Å²) in [5.41, 5.74) is 5.78. The van der Waals surface area contributed by atoms with Gasteiger partial charge in [0, 0.05) is 54.1 Å². The van der Waals surface area contributed by atoms with E-state index in [4.69, 9.17) is 9.97 Å². The normalized spacial score (nSPS) is 11.8. The minimum absolute atomic E-state index is 0.147. The van der Waals surface area contributed by atoms with E-state index < -0.39 is 11.0 Å². The zero-order valence-electron chi connectivity index (χ0n) is 20.3. The summed E-state index contributed by atoms with van der Waals surface area (Å²) < 4.78 is 16.6. The summed E-state index contributed by atoms with van der Waals surface area (Å²) in [6, 6.07) is 22.8. The van der Waals surface area contributed by atoms with Gasteiger partial charge in [-0.2, -0.15) is 0 Å². The van der Waals surface area contributed by atoms with E-state index in [0.29, 0.717) is 34.5 Å². The van der Waals surface area contributed by atoms with E-state index in [1.165, 1.54) is 0 Å². The first-order chi connectivity index (χ1) is 18.1. The van der Waals surface area contributed by atoms with Gasteiger partial charge >= 0.3 is 0 Å². The van der Waals surface area contributed by atoms with Crippen LogP contribution in [0.15, 0.2) is 91.5 Å². The van der Waals surface area contributed by atoms with Crippen molar-refractivity contribution in [2.45, 2.75) is 13.0 Å². The van der Waals surface area contributed by atoms with Crippen molar-refractivity contribution in [3.8, 4) is 22.5 Å². The molecule has 0 radical (unpaired) electrons. The van der Waals surface area contributed by atoms with Gasteiger partial charge in [0.05, 0.1) is 28.7 Å². The molecule has 5 rings (SSSR count). The van der Waals surface area contributed by atoms with Crippen LogP contribution in [0, 0.1) is 0 Å². The molecule has 1 atom stereocenters. The van der Waals surface area contributed by atoms with E-state index in [0.717, 1.165) is 29.8 Å². The Morgan fingerprint density at radius 2 is 1.70 bits per heavy atom. The molecule has 186 valence electrons. The van der Waals surface area contributed by atoms with Crippen LogP contribution in [0.5, 0.6) is 0 Å². The second-order valence-corrected chi connectivity index (χ2v) is 9.65. The second-order valence-electron chi connectivity index (χ2n) is 8.54. The number of nitrogens with zero attached hydrogens (tertiary/aromatic N) is 4. The average Bonchev–Trinajstić information content (AvgIpc) is 3.44. The van der Waals surface area contributed by atoms with Gasteiger partial charge in [-0.05, 0) is 36.8 Å². The summed E-state index contributed by atoms with van der Waals surface area (Å²) in [5, 5.41) is 2.98. The Morgan fingerprint density at radius 1 is 0.919 bits per heavy atom. The summed E-state index contributed by atoms with van der Waals surface area (Å²) in [6.45, 7) is 1.35. The van der Waals surface area contributed by atoms with Crippen LogP contribution in [-0.4, -0.2) is 42.4 Å². The zero-order valence-corrected chi connectivity index (χ0v) is 21.1. The first kappa shape index (κ1) is 24.3. The highest BCUT2D eigenvalue weighted by molar-refractivity contribution is 7.85. The maximum absolute atomic E-state index is 12.8. The Kier molecular flexibility index (Phi) is 7.32. The fourth-order valence-electron chi connectivity index (χ4n) is 4.07. The number of carbonyl (C=O) groups is 1. The molecule has 2 heterocycles. The SMILES string of the molecule is CS(=O)Nc1cccc(-c2nc3ccc(C(=O)NCCCn4ccnc4)cc3nc2-c2ccccc2)c1. The predicted octanol–water partition coefficient (Wildman–Crippen LogP) is 4.69. The molecule has 0 bridgehead atoms. The minimum Gasteiger partial charge on any atom is -0.352 e. The standard InChI is InChI=1S/C28H26N6O2S/c1-37(36)33-23-10-5-9-21(17-23)27-26(20-7-3-2-4-8-20)32-25-18-22(11-12-24(25)31-27)28(35)30-13-6-15-34-16-14-29-19-34/h2-5,7-12,14,16-19,33H,6,13,15H2,1H3,(H,30,35). The Hall–Kier alpha value is -4.37. The fraction of sp³-hybridized carbons (Fsp3) is 0.143. The largest absolute Gasteiger partial charge is 0.352 e. The molecule has 5 aromatic rings. The van der Waals surface area contributed by atoms with Crippen LogP contribution < -0.4 is 10.0 Å². The number of carbonyl (C=O) groups excluding carboxylic acids is 1. The Morgan fingerprint density at radius 3 is 2.49 bits per heavy atom. The molecule has 2 N–H and O–H groups in total. The Bertz CT molecular complexity index is 1550. The summed E-state index contributed by atoms with van der Waals surface area (Å²) in [7, 11) is -1.19. The van der Waals surface area contributed by atoms with Crippen molar-refractivity contribution < 1.29 is 9.00 Å². The molecule has 9 heteroatoms. The summed E-state index contributed by atoms with van der Waals surface area (Å²) >= 11 is 0. The second kappa shape index (κ2) is 11.1. The van der Waals surface area contributed by atoms with Crippen LogP contribution in [0.1, 0.15) is 16.8 Å². The third kappa shape index (κ3) is 5.90. The number of anilines is 1. The molecule has 3 aromatic carbocycles. The fourth-order valence-corrected chi connectivity index (χ4v) is 4.53. The van der Waals surface area contributed by atoms with Gasteiger partial charge in [0.25, 0.3) is 5.91 Å². The number of rotatable bonds is 9. The number of imidazole rings is 1. The lowest BCUT2D eigenvalue weighted by molar-refractivity contribution is 0.0953. The maximum atomic E-state index is 12.8. The lowest BCUT2D eigenvalue weighted by Crippen LogP contribution is -2.25. The Balaban J connectivity index is 1.46. The smallest absolute Gasteiger partial charge is 0.251 e. The summed E-state index contributed by atoms with van der Waals surface area (Å²) in [5.74, 6) is -0.147. The van der Waals surface area contributed by atoms with E-state index in [2.05, 4.69) is 15.0 Å². The van der Waals surface area contributed by atoms with E-state index in [9.17, 15) is 9.00 Å². The van der Waals surface area contributed by atoms with E-state index in [1.807, 2.05) is 71.4 Å². The lowest BCUT2D eigenvalue weighted by Gasteiger charge is -2.13. The molecule has 37 heavy (non-hydrogen) atoms. The molecule has 1 amide bonds. The van der Waals surface area contributed by atoms with E-state index >= 15 is 0 Å². The van der Waals surface area contributed by atoms with Gasteiger partial charge in [0.1, 0.15) is 11.0 Å². The third-order valence-electron chi connectivity index (χ3n) is 5.81. The molecule has 0 aliphatic heterocycles. The Labute approximate surface area is 217 Å². The number of amides is 1. The van der Waals surface area contributed by atoms with Crippen molar-refractivity contribution in [3.05, 3.63) is 97.1 Å². The van der Waals surface area contributed by atoms with Gasteiger partial charge in [0.15, 0.2) is 0 Å². The summed E-state index contributed by atoms with van der Waals surface area (Å²) in [6.07, 6.45) is 7.80. The van der Waals surface area contributed by atoms with Gasteiger partial charge < -0.3 is 14.6 Å². The highest BCUT2D eigenvalue weighted by Gasteiger charge is 2.15. The number of hydrogen-bond acceptors (Lipinski definition) is 5. The van der Waals surface area contributed by atoms with Crippen LogP contribution in [0.25, 0.3) is 33.5 Å². The van der Waals surface area contributed by atoms with Gasteiger partial charge in [-0.3, -0.25) is 4.79 Å². The van der Waals surface area contributed by atoms with Crippen molar-refractivity contribution in [1.29, 1.82) is 0 Å². The van der Waals surface area contributed by atoms with Crippen LogP contribution in [0.4, 0.5) is 5.69 Å². The van der Waals surface area contributed by atoms with Crippen molar-refractivity contribution in [1.82, 2.24) is 24.8 Å². The van der Waals surface area contributed by atoms with Crippen molar-refractivity contribution >= 4 is 33.6 Å². The van der Waals surface area contributed by atoms with Gasteiger partial charge in [-0.15, -0.1) is 0 Å². The van der Waals surface area contributed by atoms with Crippen molar-refractivity contribution in [2.24, 2.45) is 0 Å². The summed E-state index contributed by atoms with van der Waals surface area (Å²) in [4.78, 5) is 26.7. The molecular formula is C28H26N6O2S. The van der Waals surface area contributed by atoms with Gasteiger partial charge in [-0.25, -0.2) is 19.2 Å². The molecule has 2 aromatic heterocycles. The van der Waals surface area contributed by atoms with E-state index in [1.54, 1.807) is 30.9 Å². The molecular weight excluding hydrogens is 484 g/mol. The molecule has 0 aliphatic carbocycles. The highest BCUT2D eigenvalue weighted by Crippen LogP contribution is 2.32. The number of aromatic nitrogens is 4. The number of fused-ring (bicyclic) bond motifs is 1. The number of benzene rings is 3. The average molecular weight is 511 g/mol. The monoisotopic (exact) mass is 510 g/mol. The third-order valence-corrected chi connectivity index (χ3v) is 6.33. The molecule has 8 nitrogen and oxygen atoms in total. The molecule has 1 unspecified atom stereocenters. The molecule has 0 fully saturated rings. The number of aryl methyl sites for hydroxylation is 1. The van der Waals surface area contributed by atoms with Crippen LogP contribution in [0.2, 0.25) is 0 Å². The topological polar surface area (TPSA) is 102 Å². The van der Waals surface area contributed by atoms with Gasteiger partial charge in [-0.1, -0.05) is 42.5 Å². The molecule has 0 saturated carbocycles. The first-order valence-electron chi connectivity index (χ1n) is 11.9. The van der Waals surface area contributed by atoms with E-state index in [-0.39, 0.29) is 5.91 Å². The maximum Gasteiger partial charge on any atom is 0.251 e. The first-order valence-corrected chi connectivity index (χ1v) is 13.4. The predicted molar refractivity (Wildman–Crippen MR) is 147 cm³/mol. The van der Waals surface area contributed by atoms with Crippen molar-refractivity contribution in [3.63, 3.8) is 0 Å². The zero-order chi connectivity index (χ0) is 25.6. The van der Waals surface area contributed by atoms with Crippen molar-refractivity contribution in [2.75, 3.05) is 17.5 Å². The molecule has 0 spiro atoms. The molecule has 0 saturated heterocycles. The lowest BCUT2D eigenvalue weighted by atomic mass is 10.0. The van der Waals surface area contributed by atoms with Crippen LogP contribution >= 0.6 is 0 Å². The number of nitrogens with one attached hydrogen (secondary N) is 2. The minimum atomic E-state index is -1.19. The highest BCUT2D eigenvalue weighted by atomic mass is 32.2. The molecule has 0 aliphatic rings. The van der Waals surface area contributed by atoms with Crippen LogP contribution in [-0.2, 0) is 17.5 Å². The van der Waals surface area contributed by atoms with Gasteiger partial charge in [0.2, 0.25) is 0 Å².